The summed E-state index contributed by atoms with van der Waals surface area (Å²) in [6, 6.07) is 8.46. The van der Waals surface area contributed by atoms with Crippen molar-refractivity contribution in [2.75, 3.05) is 26.5 Å². The summed E-state index contributed by atoms with van der Waals surface area (Å²) in [6.07, 6.45) is 1.24. The number of methoxy groups -OCH3 is 1. The Bertz CT molecular complexity index is 586. The Hall–Kier alpha value is -2.81. The van der Waals surface area contributed by atoms with Crippen LogP contribution in [0, 0.1) is 11.3 Å². The molecule has 0 fully saturated rings. The number of carbonyl (C=O) groups excluding carboxylic acids is 2. The van der Waals surface area contributed by atoms with E-state index in [0.717, 1.165) is 0 Å². The molecule has 0 aliphatic carbocycles. The van der Waals surface area contributed by atoms with E-state index in [1.165, 1.54) is 18.2 Å². The molecule has 0 aliphatic rings. The number of hydrogen-bond donors (Lipinski definition) is 1. The number of esters is 1. The zero-order valence-corrected chi connectivity index (χ0v) is 11.5. The first-order valence-electron chi connectivity index (χ1n) is 5.76. The maximum absolute atomic E-state index is 11.8. The fourth-order valence-corrected chi connectivity index (χ4v) is 1.40. The third kappa shape index (κ3) is 3.85. The highest BCUT2D eigenvalue weighted by Gasteiger charge is 2.09. The van der Waals surface area contributed by atoms with Crippen molar-refractivity contribution in [3.63, 3.8) is 0 Å². The molecule has 0 saturated carbocycles. The smallest absolute Gasteiger partial charge is 0.350 e. The summed E-state index contributed by atoms with van der Waals surface area (Å²) in [5.41, 5.74) is 0.941. The molecule has 104 valence electrons. The van der Waals surface area contributed by atoms with E-state index >= 15 is 0 Å². The van der Waals surface area contributed by atoms with Crippen molar-refractivity contribution >= 4 is 17.6 Å². The molecule has 20 heavy (non-hydrogen) atoms. The van der Waals surface area contributed by atoms with E-state index in [-0.39, 0.29) is 11.5 Å². The minimum Gasteiger partial charge on any atom is -0.465 e. The Morgan fingerprint density at radius 2 is 2.10 bits per heavy atom. The number of carbonyl (C=O) groups is 2. The van der Waals surface area contributed by atoms with Crippen molar-refractivity contribution in [3.05, 3.63) is 41.6 Å². The van der Waals surface area contributed by atoms with Gasteiger partial charge in [-0.15, -0.1) is 0 Å². The Balaban J connectivity index is 2.92. The second-order valence-corrected chi connectivity index (χ2v) is 4.09. The third-order valence-corrected chi connectivity index (χ3v) is 2.42. The molecule has 0 saturated heterocycles. The van der Waals surface area contributed by atoms with Crippen LogP contribution < -0.4 is 5.32 Å². The highest BCUT2D eigenvalue weighted by Crippen LogP contribution is 2.12. The van der Waals surface area contributed by atoms with Crippen LogP contribution in [0.3, 0.4) is 0 Å². The van der Waals surface area contributed by atoms with Gasteiger partial charge in [0.05, 0.1) is 7.11 Å². The van der Waals surface area contributed by atoms with Gasteiger partial charge >= 0.3 is 5.97 Å². The van der Waals surface area contributed by atoms with Crippen molar-refractivity contribution in [1.82, 2.24) is 4.90 Å². The summed E-state index contributed by atoms with van der Waals surface area (Å²) in [5.74, 6) is -0.855. The lowest BCUT2D eigenvalue weighted by molar-refractivity contribution is -0.135. The minimum atomic E-state index is -0.722. The summed E-state index contributed by atoms with van der Waals surface area (Å²) in [7, 11) is 4.52. The molecule has 0 heterocycles. The monoisotopic (exact) mass is 273 g/mol. The van der Waals surface area contributed by atoms with Gasteiger partial charge in [0.1, 0.15) is 6.07 Å². The van der Waals surface area contributed by atoms with E-state index in [2.05, 4.69) is 10.1 Å². The van der Waals surface area contributed by atoms with Crippen molar-refractivity contribution in [2.24, 2.45) is 0 Å². The van der Waals surface area contributed by atoms with Crippen molar-refractivity contribution in [1.29, 1.82) is 5.26 Å². The highest BCUT2D eigenvalue weighted by molar-refractivity contribution is 5.95. The zero-order valence-electron chi connectivity index (χ0n) is 11.5. The molecular formula is C14H15N3O3. The SMILES string of the molecule is COC(=O)/C(C#N)=C/Nc1cccc(C(=O)N(C)C)c1. The van der Waals surface area contributed by atoms with E-state index in [0.29, 0.717) is 11.3 Å². The van der Waals surface area contributed by atoms with E-state index in [1.54, 1.807) is 44.4 Å². The van der Waals surface area contributed by atoms with Crippen LogP contribution in [0.5, 0.6) is 0 Å². The van der Waals surface area contributed by atoms with Crippen LogP contribution in [0.1, 0.15) is 10.4 Å². The molecule has 0 spiro atoms. The molecule has 0 aromatic heterocycles. The molecule has 6 heteroatoms. The van der Waals surface area contributed by atoms with E-state index in [9.17, 15) is 9.59 Å². The van der Waals surface area contributed by atoms with Gasteiger partial charge in [0.15, 0.2) is 5.57 Å². The standard InChI is InChI=1S/C14H15N3O3/c1-17(2)13(18)10-5-4-6-12(7-10)16-9-11(8-15)14(19)20-3/h4-7,9,16H,1-3H3/b11-9+. The Kier molecular flexibility index (Phi) is 5.30. The Morgan fingerprint density at radius 1 is 1.40 bits per heavy atom. The largest absolute Gasteiger partial charge is 0.465 e. The molecule has 0 bridgehead atoms. The van der Waals surface area contributed by atoms with Crippen molar-refractivity contribution in [2.45, 2.75) is 0 Å². The fraction of sp³-hybridized carbons (Fsp3) is 0.214. The van der Waals surface area contributed by atoms with Crippen LogP contribution in [0.4, 0.5) is 5.69 Å². The molecule has 1 aromatic carbocycles. The lowest BCUT2D eigenvalue weighted by Crippen LogP contribution is -2.21. The van der Waals surface area contributed by atoms with Gasteiger partial charge in [0.2, 0.25) is 0 Å². The van der Waals surface area contributed by atoms with Crippen LogP contribution in [-0.2, 0) is 9.53 Å². The summed E-state index contributed by atoms with van der Waals surface area (Å²) >= 11 is 0. The van der Waals surface area contributed by atoms with Gasteiger partial charge in [-0.3, -0.25) is 4.79 Å². The fourth-order valence-electron chi connectivity index (χ4n) is 1.40. The molecule has 1 aromatic rings. The molecule has 0 radical (unpaired) electrons. The van der Waals surface area contributed by atoms with Gasteiger partial charge in [-0.1, -0.05) is 6.07 Å². The van der Waals surface area contributed by atoms with Gasteiger partial charge in [-0.05, 0) is 18.2 Å². The number of amides is 1. The maximum Gasteiger partial charge on any atom is 0.350 e. The molecule has 1 rings (SSSR count). The number of ether oxygens (including phenoxy) is 1. The average Bonchev–Trinajstić information content (AvgIpc) is 2.46. The average molecular weight is 273 g/mol. The number of hydrogen-bond acceptors (Lipinski definition) is 5. The molecule has 1 amide bonds. The summed E-state index contributed by atoms with van der Waals surface area (Å²) in [4.78, 5) is 24.5. The van der Waals surface area contributed by atoms with E-state index in [1.807, 2.05) is 0 Å². The number of rotatable bonds is 4. The molecule has 0 aliphatic heterocycles. The van der Waals surface area contributed by atoms with Gasteiger partial charge in [-0.25, -0.2) is 4.79 Å². The lowest BCUT2D eigenvalue weighted by atomic mass is 10.2. The number of nitrogens with one attached hydrogen (secondary N) is 1. The van der Waals surface area contributed by atoms with Gasteiger partial charge in [0, 0.05) is 31.5 Å². The predicted molar refractivity (Wildman–Crippen MR) is 73.8 cm³/mol. The van der Waals surface area contributed by atoms with Crippen molar-refractivity contribution < 1.29 is 14.3 Å². The van der Waals surface area contributed by atoms with Gasteiger partial charge in [0.25, 0.3) is 5.91 Å². The zero-order chi connectivity index (χ0) is 15.1. The third-order valence-electron chi connectivity index (χ3n) is 2.42. The minimum absolute atomic E-state index is 0.133. The molecular weight excluding hydrogens is 258 g/mol. The van der Waals surface area contributed by atoms with Gasteiger partial charge < -0.3 is 15.0 Å². The summed E-state index contributed by atoms with van der Waals surface area (Å²) < 4.78 is 4.45. The quantitative estimate of drug-likeness (QED) is 0.509. The number of anilines is 1. The Labute approximate surface area is 117 Å². The highest BCUT2D eigenvalue weighted by atomic mass is 16.5. The first kappa shape index (κ1) is 15.2. The second-order valence-electron chi connectivity index (χ2n) is 4.09. The topological polar surface area (TPSA) is 82.4 Å². The normalized spacial score (nSPS) is 10.4. The molecule has 1 N–H and O–H groups in total. The lowest BCUT2D eigenvalue weighted by Gasteiger charge is -2.11. The molecule has 0 unspecified atom stereocenters. The van der Waals surface area contributed by atoms with Crippen LogP contribution in [-0.4, -0.2) is 38.0 Å². The van der Waals surface area contributed by atoms with E-state index in [4.69, 9.17) is 5.26 Å². The number of nitriles is 1. The summed E-state index contributed by atoms with van der Waals surface area (Å²) in [6.45, 7) is 0. The predicted octanol–water partition coefficient (Wildman–Crippen LogP) is 1.38. The summed E-state index contributed by atoms with van der Waals surface area (Å²) in [5, 5.41) is 11.6. The first-order chi connectivity index (χ1) is 9.49. The van der Waals surface area contributed by atoms with Crippen LogP contribution >= 0.6 is 0 Å². The first-order valence-corrected chi connectivity index (χ1v) is 5.76. The number of benzene rings is 1. The van der Waals surface area contributed by atoms with Gasteiger partial charge in [-0.2, -0.15) is 5.26 Å². The molecule has 6 nitrogen and oxygen atoms in total. The van der Waals surface area contributed by atoms with Crippen LogP contribution in [0.2, 0.25) is 0 Å². The second kappa shape index (κ2) is 6.95. The number of nitrogens with zero attached hydrogens (tertiary/aromatic N) is 2. The van der Waals surface area contributed by atoms with Crippen LogP contribution in [0.15, 0.2) is 36.0 Å². The van der Waals surface area contributed by atoms with Crippen LogP contribution in [0.25, 0.3) is 0 Å². The Morgan fingerprint density at radius 3 is 2.65 bits per heavy atom. The maximum atomic E-state index is 11.8. The van der Waals surface area contributed by atoms with E-state index < -0.39 is 5.97 Å². The molecule has 0 atom stereocenters. The van der Waals surface area contributed by atoms with Crippen molar-refractivity contribution in [3.8, 4) is 6.07 Å².